The van der Waals surface area contributed by atoms with Crippen LogP contribution in [0.3, 0.4) is 0 Å². The first-order valence-electron chi connectivity index (χ1n) is 7.25. The molecule has 1 atom stereocenters. The summed E-state index contributed by atoms with van der Waals surface area (Å²) in [4.78, 5) is 13.5. The standard InChI is InChI=1S/C16H18ClN3OS/c1-10-7-11(2)20(19-10)9-16(21)18-14-5-6-22-15-4-3-12(17)8-13(14)15/h3-4,7-8,14H,5-6,9H2,1-2H3,(H,18,21)/t14-/m0/s1. The number of carbonyl (C=O) groups excluding carboxylic acids is 1. The molecule has 2 aromatic rings. The average Bonchev–Trinajstić information content (AvgIpc) is 2.77. The number of nitrogens with one attached hydrogen (secondary N) is 1. The number of hydrogen-bond donors (Lipinski definition) is 1. The maximum atomic E-state index is 12.3. The molecule has 0 fully saturated rings. The SMILES string of the molecule is Cc1cc(C)n(CC(=O)N[C@H]2CCSc3ccc(Cl)cc32)n1. The molecule has 0 saturated carbocycles. The third kappa shape index (κ3) is 3.31. The highest BCUT2D eigenvalue weighted by molar-refractivity contribution is 7.99. The quantitative estimate of drug-likeness (QED) is 0.933. The fraction of sp³-hybridized carbons (Fsp3) is 0.375. The first kappa shape index (κ1) is 15.4. The van der Waals surface area contributed by atoms with Crippen LogP contribution in [0.2, 0.25) is 5.02 Å². The lowest BCUT2D eigenvalue weighted by atomic mass is 10.0. The van der Waals surface area contributed by atoms with Gasteiger partial charge in [-0.05, 0) is 50.1 Å². The van der Waals surface area contributed by atoms with Crippen LogP contribution in [0.5, 0.6) is 0 Å². The topological polar surface area (TPSA) is 46.9 Å². The van der Waals surface area contributed by atoms with E-state index in [2.05, 4.69) is 10.4 Å². The highest BCUT2D eigenvalue weighted by Gasteiger charge is 2.23. The summed E-state index contributed by atoms with van der Waals surface area (Å²) in [6, 6.07) is 7.88. The summed E-state index contributed by atoms with van der Waals surface area (Å²) in [5.74, 6) is 0.980. The monoisotopic (exact) mass is 335 g/mol. The molecule has 2 heterocycles. The van der Waals surface area contributed by atoms with E-state index in [0.29, 0.717) is 5.02 Å². The minimum atomic E-state index is -0.0194. The van der Waals surface area contributed by atoms with Crippen LogP contribution in [0.25, 0.3) is 0 Å². The van der Waals surface area contributed by atoms with Crippen molar-refractivity contribution < 1.29 is 4.79 Å². The third-order valence-corrected chi connectivity index (χ3v) is 5.10. The molecule has 1 aliphatic heterocycles. The first-order valence-corrected chi connectivity index (χ1v) is 8.62. The smallest absolute Gasteiger partial charge is 0.242 e. The fourth-order valence-electron chi connectivity index (χ4n) is 2.73. The summed E-state index contributed by atoms with van der Waals surface area (Å²) in [7, 11) is 0. The highest BCUT2D eigenvalue weighted by Crippen LogP contribution is 2.37. The van der Waals surface area contributed by atoms with Crippen molar-refractivity contribution in [1.82, 2.24) is 15.1 Å². The molecule has 116 valence electrons. The van der Waals surface area contributed by atoms with Crippen LogP contribution in [0.1, 0.15) is 29.4 Å². The summed E-state index contributed by atoms with van der Waals surface area (Å²) in [6.07, 6.45) is 0.918. The van der Waals surface area contributed by atoms with Gasteiger partial charge in [-0.15, -0.1) is 11.8 Å². The van der Waals surface area contributed by atoms with Gasteiger partial charge < -0.3 is 5.32 Å². The van der Waals surface area contributed by atoms with E-state index in [9.17, 15) is 4.79 Å². The Hall–Kier alpha value is -1.46. The van der Waals surface area contributed by atoms with Gasteiger partial charge in [0.15, 0.2) is 0 Å². The molecule has 3 rings (SSSR count). The molecular formula is C16H18ClN3OS. The van der Waals surface area contributed by atoms with Gasteiger partial charge in [-0.3, -0.25) is 9.48 Å². The van der Waals surface area contributed by atoms with E-state index in [1.165, 1.54) is 4.90 Å². The number of nitrogens with zero attached hydrogens (tertiary/aromatic N) is 2. The van der Waals surface area contributed by atoms with Crippen molar-refractivity contribution in [2.24, 2.45) is 0 Å². The van der Waals surface area contributed by atoms with E-state index in [-0.39, 0.29) is 18.5 Å². The number of hydrogen-bond acceptors (Lipinski definition) is 3. The number of rotatable bonds is 3. The van der Waals surface area contributed by atoms with Gasteiger partial charge in [0, 0.05) is 21.4 Å². The number of carbonyl (C=O) groups is 1. The van der Waals surface area contributed by atoms with Gasteiger partial charge in [-0.25, -0.2) is 0 Å². The highest BCUT2D eigenvalue weighted by atomic mass is 35.5. The summed E-state index contributed by atoms with van der Waals surface area (Å²) >= 11 is 7.91. The molecule has 0 spiro atoms. The Labute approximate surface area is 139 Å². The molecule has 1 aromatic heterocycles. The summed E-state index contributed by atoms with van der Waals surface area (Å²) in [5.41, 5.74) is 3.04. The van der Waals surface area contributed by atoms with Crippen molar-refractivity contribution in [2.75, 3.05) is 5.75 Å². The van der Waals surface area contributed by atoms with Crippen LogP contribution < -0.4 is 5.32 Å². The lowest BCUT2D eigenvalue weighted by Gasteiger charge is -2.26. The maximum absolute atomic E-state index is 12.3. The Kier molecular flexibility index (Phi) is 4.45. The molecule has 22 heavy (non-hydrogen) atoms. The van der Waals surface area contributed by atoms with Gasteiger partial charge in [-0.1, -0.05) is 11.6 Å². The van der Waals surface area contributed by atoms with Gasteiger partial charge in [0.05, 0.1) is 11.7 Å². The minimum absolute atomic E-state index is 0.0194. The fourth-order valence-corrected chi connectivity index (χ4v) is 4.01. The second-order valence-electron chi connectivity index (χ2n) is 5.52. The zero-order chi connectivity index (χ0) is 15.7. The van der Waals surface area contributed by atoms with Crippen LogP contribution in [0, 0.1) is 13.8 Å². The van der Waals surface area contributed by atoms with Crippen molar-refractivity contribution >= 4 is 29.3 Å². The number of amides is 1. The largest absolute Gasteiger partial charge is 0.348 e. The van der Waals surface area contributed by atoms with E-state index in [1.54, 1.807) is 4.68 Å². The van der Waals surface area contributed by atoms with Crippen LogP contribution in [-0.4, -0.2) is 21.4 Å². The molecule has 1 amide bonds. The van der Waals surface area contributed by atoms with Crippen molar-refractivity contribution in [2.45, 2.75) is 37.8 Å². The number of benzene rings is 1. The number of aryl methyl sites for hydroxylation is 2. The summed E-state index contributed by atoms with van der Waals surface area (Å²) in [6.45, 7) is 4.14. The normalized spacial score (nSPS) is 17.1. The molecule has 1 aliphatic rings. The number of thioether (sulfide) groups is 1. The predicted octanol–water partition coefficient (Wildman–Crippen LogP) is 3.51. The molecule has 0 aliphatic carbocycles. The van der Waals surface area contributed by atoms with Crippen molar-refractivity contribution in [1.29, 1.82) is 0 Å². The zero-order valence-electron chi connectivity index (χ0n) is 12.6. The molecule has 1 aromatic carbocycles. The van der Waals surface area contributed by atoms with Gasteiger partial charge in [-0.2, -0.15) is 5.10 Å². The Morgan fingerprint density at radius 3 is 3.00 bits per heavy atom. The maximum Gasteiger partial charge on any atom is 0.242 e. The van der Waals surface area contributed by atoms with Gasteiger partial charge in [0.2, 0.25) is 5.91 Å². The number of halogens is 1. The van der Waals surface area contributed by atoms with E-state index < -0.39 is 0 Å². The van der Waals surface area contributed by atoms with Gasteiger partial charge in [0.1, 0.15) is 6.54 Å². The molecule has 0 bridgehead atoms. The first-order chi connectivity index (χ1) is 10.5. The van der Waals surface area contributed by atoms with Crippen LogP contribution in [0.15, 0.2) is 29.2 Å². The Balaban J connectivity index is 1.73. The Morgan fingerprint density at radius 2 is 2.27 bits per heavy atom. The second-order valence-corrected chi connectivity index (χ2v) is 7.10. The number of fused-ring (bicyclic) bond motifs is 1. The second kappa shape index (κ2) is 6.34. The third-order valence-electron chi connectivity index (χ3n) is 3.74. The van der Waals surface area contributed by atoms with Crippen molar-refractivity contribution in [3.05, 3.63) is 46.2 Å². The zero-order valence-corrected chi connectivity index (χ0v) is 14.2. The van der Waals surface area contributed by atoms with E-state index in [0.717, 1.165) is 29.1 Å². The number of aromatic nitrogens is 2. The lowest BCUT2D eigenvalue weighted by Crippen LogP contribution is -2.33. The van der Waals surface area contributed by atoms with Gasteiger partial charge >= 0.3 is 0 Å². The molecule has 0 unspecified atom stereocenters. The summed E-state index contributed by atoms with van der Waals surface area (Å²) in [5, 5.41) is 8.16. The van der Waals surface area contributed by atoms with E-state index >= 15 is 0 Å². The van der Waals surface area contributed by atoms with Gasteiger partial charge in [0.25, 0.3) is 0 Å². The van der Waals surface area contributed by atoms with Crippen molar-refractivity contribution in [3.63, 3.8) is 0 Å². The molecular weight excluding hydrogens is 318 g/mol. The van der Waals surface area contributed by atoms with Crippen LogP contribution in [-0.2, 0) is 11.3 Å². The molecule has 0 radical (unpaired) electrons. The van der Waals surface area contributed by atoms with Crippen LogP contribution >= 0.6 is 23.4 Å². The minimum Gasteiger partial charge on any atom is -0.348 e. The predicted molar refractivity (Wildman–Crippen MR) is 89.4 cm³/mol. The lowest BCUT2D eigenvalue weighted by molar-refractivity contribution is -0.122. The Morgan fingerprint density at radius 1 is 1.45 bits per heavy atom. The van der Waals surface area contributed by atoms with E-state index in [4.69, 9.17) is 11.6 Å². The summed E-state index contributed by atoms with van der Waals surface area (Å²) < 4.78 is 1.74. The molecule has 4 nitrogen and oxygen atoms in total. The molecule has 6 heteroatoms. The van der Waals surface area contributed by atoms with Crippen LogP contribution in [0.4, 0.5) is 0 Å². The molecule has 1 N–H and O–H groups in total. The Bertz CT molecular complexity index is 713. The van der Waals surface area contributed by atoms with E-state index in [1.807, 2.05) is 49.9 Å². The van der Waals surface area contributed by atoms with Crippen molar-refractivity contribution in [3.8, 4) is 0 Å². The average molecular weight is 336 g/mol. The molecule has 0 saturated heterocycles.